The van der Waals surface area contributed by atoms with Crippen LogP contribution in [0.25, 0.3) is 21.8 Å². The summed E-state index contributed by atoms with van der Waals surface area (Å²) in [5.41, 5.74) is 7.74. The monoisotopic (exact) mass is 466 g/mol. The molecule has 0 unspecified atom stereocenters. The number of fused-ring (bicyclic) bond motifs is 2. The number of halogens is 1. The van der Waals surface area contributed by atoms with Crippen molar-refractivity contribution in [1.29, 1.82) is 0 Å². The van der Waals surface area contributed by atoms with Crippen LogP contribution in [0, 0.1) is 0 Å². The molecule has 8 heteroatoms. The zero-order valence-electron chi connectivity index (χ0n) is 17.5. The van der Waals surface area contributed by atoms with Gasteiger partial charge in [-0.25, -0.2) is 4.98 Å². The van der Waals surface area contributed by atoms with E-state index in [0.29, 0.717) is 39.8 Å². The Morgan fingerprint density at radius 1 is 1.03 bits per heavy atom. The van der Waals surface area contributed by atoms with Gasteiger partial charge < -0.3 is 5.73 Å². The van der Waals surface area contributed by atoms with E-state index in [1.807, 2.05) is 42.5 Å². The van der Waals surface area contributed by atoms with Crippen LogP contribution in [0.2, 0.25) is 5.02 Å². The summed E-state index contributed by atoms with van der Waals surface area (Å²) < 4.78 is 1.74. The highest BCUT2D eigenvalue weighted by Crippen LogP contribution is 2.29. The minimum atomic E-state index is -0.297. The number of carbonyl (C=O) groups is 1. The van der Waals surface area contributed by atoms with Crippen LogP contribution in [0.5, 0.6) is 0 Å². The van der Waals surface area contributed by atoms with Gasteiger partial charge in [-0.1, -0.05) is 48.0 Å². The van der Waals surface area contributed by atoms with Crippen LogP contribution in [0.1, 0.15) is 31.2 Å². The van der Waals surface area contributed by atoms with Gasteiger partial charge in [0.2, 0.25) is 5.91 Å². The minimum Gasteiger partial charge on any atom is -0.370 e. The fourth-order valence-electron chi connectivity index (χ4n) is 3.66. The normalized spacial score (nSPS) is 11.3. The van der Waals surface area contributed by atoms with Crippen molar-refractivity contribution in [3.63, 3.8) is 0 Å². The molecule has 0 bridgehead atoms. The second kappa shape index (κ2) is 10.1. The van der Waals surface area contributed by atoms with Gasteiger partial charge in [0, 0.05) is 35.3 Å². The molecule has 2 N–H and O–H groups in total. The van der Waals surface area contributed by atoms with Crippen molar-refractivity contribution in [2.24, 2.45) is 5.73 Å². The first-order valence-corrected chi connectivity index (χ1v) is 11.8. The van der Waals surface area contributed by atoms with Crippen LogP contribution in [-0.4, -0.2) is 20.4 Å². The third-order valence-corrected chi connectivity index (χ3v) is 6.64. The number of para-hydroxylation sites is 1. The molecule has 2 aromatic heterocycles. The first kappa shape index (κ1) is 22.3. The lowest BCUT2D eigenvalue weighted by atomic mass is 10.1. The van der Waals surface area contributed by atoms with Crippen molar-refractivity contribution < 1.29 is 4.79 Å². The Bertz CT molecular complexity index is 1340. The van der Waals surface area contributed by atoms with Crippen molar-refractivity contribution in [1.82, 2.24) is 14.5 Å². The molecule has 0 atom stereocenters. The molecule has 0 saturated heterocycles. The zero-order valence-corrected chi connectivity index (χ0v) is 19.0. The molecule has 4 aromatic rings. The third kappa shape index (κ3) is 4.95. The number of primary amides is 1. The van der Waals surface area contributed by atoms with Crippen molar-refractivity contribution >= 4 is 51.1 Å². The fourth-order valence-corrected chi connectivity index (χ4v) is 4.88. The van der Waals surface area contributed by atoms with E-state index in [1.165, 1.54) is 11.8 Å². The first-order chi connectivity index (χ1) is 15.5. The maximum Gasteiger partial charge on any atom is 0.262 e. The second-order valence-electron chi connectivity index (χ2n) is 7.54. The number of rotatable bonds is 9. The molecule has 1 amide bonds. The number of thioether (sulfide) groups is 1. The number of benzene rings is 2. The van der Waals surface area contributed by atoms with E-state index in [4.69, 9.17) is 22.3 Å². The molecule has 6 nitrogen and oxygen atoms in total. The van der Waals surface area contributed by atoms with Gasteiger partial charge in [0.25, 0.3) is 5.56 Å². The predicted octanol–water partition coefficient (Wildman–Crippen LogP) is 4.94. The highest BCUT2D eigenvalue weighted by atomic mass is 35.5. The molecule has 0 spiro atoms. The number of unbranched alkanes of at least 4 members (excludes halogenated alkanes) is 2. The van der Waals surface area contributed by atoms with Crippen molar-refractivity contribution in [3.8, 4) is 0 Å². The quantitative estimate of drug-likeness (QED) is 0.214. The Balaban J connectivity index is 1.62. The second-order valence-corrected chi connectivity index (χ2v) is 8.89. The lowest BCUT2D eigenvalue weighted by Crippen LogP contribution is -2.23. The molecule has 2 heterocycles. The molecular formula is C24H23ClN4O2S. The van der Waals surface area contributed by atoms with Gasteiger partial charge in [-0.2, -0.15) is 0 Å². The maximum absolute atomic E-state index is 13.2. The Kier molecular flexibility index (Phi) is 7.07. The van der Waals surface area contributed by atoms with Crippen molar-refractivity contribution in [3.05, 3.63) is 75.7 Å². The van der Waals surface area contributed by atoms with Gasteiger partial charge in [-0.05, 0) is 48.7 Å². The van der Waals surface area contributed by atoms with Gasteiger partial charge in [0.05, 0.1) is 16.4 Å². The zero-order chi connectivity index (χ0) is 22.5. The molecule has 0 saturated carbocycles. The molecular weight excluding hydrogens is 444 g/mol. The molecule has 32 heavy (non-hydrogen) atoms. The summed E-state index contributed by atoms with van der Waals surface area (Å²) in [6.07, 6.45) is 4.42. The number of pyridine rings is 1. The molecule has 164 valence electrons. The average Bonchev–Trinajstić information content (AvgIpc) is 2.80. The summed E-state index contributed by atoms with van der Waals surface area (Å²) in [6.45, 7) is 0.539. The van der Waals surface area contributed by atoms with Gasteiger partial charge >= 0.3 is 0 Å². The van der Waals surface area contributed by atoms with Crippen LogP contribution in [-0.2, 0) is 17.1 Å². The maximum atomic E-state index is 13.2. The van der Waals surface area contributed by atoms with E-state index >= 15 is 0 Å². The van der Waals surface area contributed by atoms with E-state index in [0.717, 1.165) is 35.7 Å². The number of nitrogens with zero attached hydrogens (tertiary/aromatic N) is 3. The van der Waals surface area contributed by atoms with E-state index in [9.17, 15) is 9.59 Å². The smallest absolute Gasteiger partial charge is 0.262 e. The standard InChI is InChI=1S/C24H23ClN4O2S/c25-19-12-11-16(22-17(19)8-6-13-27-22)15-32-24-28-20-9-4-3-7-18(20)23(31)29(24)14-5-1-2-10-21(26)30/h3-4,6-9,11-13H,1-2,5,10,14-15H2,(H2,26,30). The molecule has 0 fully saturated rings. The summed E-state index contributed by atoms with van der Waals surface area (Å²) >= 11 is 7.84. The molecule has 0 aliphatic heterocycles. The number of amides is 1. The van der Waals surface area contributed by atoms with E-state index in [-0.39, 0.29) is 11.5 Å². The molecule has 0 aliphatic carbocycles. The van der Waals surface area contributed by atoms with Crippen LogP contribution < -0.4 is 11.3 Å². The summed E-state index contributed by atoms with van der Waals surface area (Å²) in [5, 5.41) is 2.85. The van der Waals surface area contributed by atoms with Crippen LogP contribution >= 0.6 is 23.4 Å². The van der Waals surface area contributed by atoms with Gasteiger partial charge in [0.1, 0.15) is 0 Å². The fraction of sp³-hybridized carbons (Fsp3) is 0.250. The van der Waals surface area contributed by atoms with Crippen LogP contribution in [0.3, 0.4) is 0 Å². The van der Waals surface area contributed by atoms with Gasteiger partial charge in [0.15, 0.2) is 5.16 Å². The number of nitrogens with two attached hydrogens (primary N) is 1. The highest BCUT2D eigenvalue weighted by molar-refractivity contribution is 7.98. The first-order valence-electron chi connectivity index (χ1n) is 10.5. The Morgan fingerprint density at radius 3 is 2.69 bits per heavy atom. The predicted molar refractivity (Wildman–Crippen MR) is 130 cm³/mol. The Morgan fingerprint density at radius 2 is 1.84 bits per heavy atom. The number of hydrogen-bond acceptors (Lipinski definition) is 5. The lowest BCUT2D eigenvalue weighted by Gasteiger charge is -2.14. The number of hydrogen-bond donors (Lipinski definition) is 1. The number of aromatic nitrogens is 3. The third-order valence-electron chi connectivity index (χ3n) is 5.29. The van der Waals surface area contributed by atoms with Crippen LogP contribution in [0.4, 0.5) is 0 Å². The summed E-state index contributed by atoms with van der Waals surface area (Å²) in [4.78, 5) is 33.4. The highest BCUT2D eigenvalue weighted by Gasteiger charge is 2.13. The summed E-state index contributed by atoms with van der Waals surface area (Å²) in [7, 11) is 0. The Hall–Kier alpha value is -2.90. The lowest BCUT2D eigenvalue weighted by molar-refractivity contribution is -0.118. The van der Waals surface area contributed by atoms with Gasteiger partial charge in [-0.15, -0.1) is 0 Å². The molecule has 4 rings (SSSR count). The topological polar surface area (TPSA) is 90.9 Å². The summed E-state index contributed by atoms with van der Waals surface area (Å²) in [6, 6.07) is 15.1. The van der Waals surface area contributed by atoms with E-state index < -0.39 is 0 Å². The molecule has 0 aliphatic rings. The van der Waals surface area contributed by atoms with Crippen LogP contribution in [0.15, 0.2) is 64.7 Å². The summed E-state index contributed by atoms with van der Waals surface area (Å²) in [5.74, 6) is 0.312. The van der Waals surface area contributed by atoms with Crippen molar-refractivity contribution in [2.45, 2.75) is 43.1 Å². The number of carbonyl (C=O) groups excluding carboxylic acids is 1. The minimum absolute atomic E-state index is 0.0490. The van der Waals surface area contributed by atoms with E-state index in [1.54, 1.807) is 16.8 Å². The SMILES string of the molecule is NC(=O)CCCCCn1c(SCc2ccc(Cl)c3cccnc23)nc2ccccc2c1=O. The molecule has 0 radical (unpaired) electrons. The van der Waals surface area contributed by atoms with E-state index in [2.05, 4.69) is 4.98 Å². The Labute approximate surface area is 194 Å². The molecule has 2 aromatic carbocycles. The average molecular weight is 467 g/mol. The van der Waals surface area contributed by atoms with Gasteiger partial charge in [-0.3, -0.25) is 19.1 Å². The largest absolute Gasteiger partial charge is 0.370 e. The van der Waals surface area contributed by atoms with Crippen molar-refractivity contribution in [2.75, 3.05) is 0 Å².